The molecule has 1 fully saturated rings. The lowest BCUT2D eigenvalue weighted by atomic mass is 10.1. The lowest BCUT2D eigenvalue weighted by Gasteiger charge is -2.17. The smallest absolute Gasteiger partial charge is 0.244 e. The molecule has 1 aliphatic rings. The number of aromatic nitrogens is 1. The number of nitrogens with zero attached hydrogens (tertiary/aromatic N) is 2. The fraction of sp³-hybridized carbons (Fsp3) is 0.200. The largest absolute Gasteiger partial charge is 0.320 e. The van der Waals surface area contributed by atoms with Crippen molar-refractivity contribution in [3.05, 3.63) is 47.5 Å². The van der Waals surface area contributed by atoms with Crippen molar-refractivity contribution in [2.45, 2.75) is 12.5 Å². The summed E-state index contributed by atoms with van der Waals surface area (Å²) in [5, 5.41) is 0.448. The van der Waals surface area contributed by atoms with Crippen molar-refractivity contribution in [3.63, 3.8) is 0 Å². The topological polar surface area (TPSA) is 59.2 Å². The van der Waals surface area contributed by atoms with Crippen LogP contribution in [0.3, 0.4) is 0 Å². The fourth-order valence-corrected chi connectivity index (χ4v) is 2.67. The minimum atomic E-state index is -0.543. The van der Waals surface area contributed by atoms with Crippen LogP contribution in [0.4, 0.5) is 10.1 Å². The van der Waals surface area contributed by atoms with Crippen molar-refractivity contribution in [2.24, 2.45) is 5.73 Å². The molecular weight excluding hydrogens is 293 g/mol. The number of hydrogen-bond acceptors (Lipinski definition) is 3. The summed E-state index contributed by atoms with van der Waals surface area (Å²) >= 11 is 6.05. The summed E-state index contributed by atoms with van der Waals surface area (Å²) in [4.78, 5) is 17.2. The first-order valence-corrected chi connectivity index (χ1v) is 6.92. The number of hydrogen-bond donors (Lipinski definition) is 1. The number of nitrogens with two attached hydrogens (primary N) is 1. The Morgan fingerprint density at radius 1 is 1.38 bits per heavy atom. The molecule has 0 radical (unpaired) electrons. The van der Waals surface area contributed by atoms with E-state index in [2.05, 4.69) is 4.98 Å². The molecule has 1 saturated heterocycles. The number of pyridine rings is 1. The zero-order valence-corrected chi connectivity index (χ0v) is 11.8. The van der Waals surface area contributed by atoms with Gasteiger partial charge in [0.2, 0.25) is 5.91 Å². The van der Waals surface area contributed by atoms with Crippen LogP contribution < -0.4 is 10.6 Å². The molecule has 1 aromatic carbocycles. The van der Waals surface area contributed by atoms with Gasteiger partial charge in [-0.1, -0.05) is 17.7 Å². The van der Waals surface area contributed by atoms with E-state index in [1.807, 2.05) is 0 Å². The van der Waals surface area contributed by atoms with E-state index in [1.165, 1.54) is 17.2 Å². The van der Waals surface area contributed by atoms with Crippen LogP contribution in [0.5, 0.6) is 0 Å². The second-order valence-corrected chi connectivity index (χ2v) is 5.31. The number of halogens is 2. The number of rotatable bonds is 2. The van der Waals surface area contributed by atoms with Crippen molar-refractivity contribution in [2.75, 3.05) is 11.4 Å². The van der Waals surface area contributed by atoms with Crippen molar-refractivity contribution in [1.82, 2.24) is 4.98 Å². The molecule has 0 unspecified atom stereocenters. The number of carbonyl (C=O) groups is 1. The molecule has 21 heavy (non-hydrogen) atoms. The summed E-state index contributed by atoms with van der Waals surface area (Å²) in [5.74, 6) is -0.716. The highest BCUT2D eigenvalue weighted by molar-refractivity contribution is 6.33. The molecule has 1 aromatic heterocycles. The normalized spacial score (nSPS) is 18.3. The number of carbonyl (C=O) groups excluding carboxylic acids is 1. The van der Waals surface area contributed by atoms with Gasteiger partial charge in [0.05, 0.1) is 16.8 Å². The van der Waals surface area contributed by atoms with Gasteiger partial charge in [0.15, 0.2) is 0 Å². The third-order valence-corrected chi connectivity index (χ3v) is 3.87. The van der Waals surface area contributed by atoms with Crippen molar-refractivity contribution in [3.8, 4) is 11.1 Å². The first-order chi connectivity index (χ1) is 10.1. The van der Waals surface area contributed by atoms with Gasteiger partial charge < -0.3 is 10.6 Å². The average molecular weight is 306 g/mol. The summed E-state index contributed by atoms with van der Waals surface area (Å²) in [7, 11) is 0. The molecule has 2 N–H and O–H groups in total. The highest BCUT2D eigenvalue weighted by atomic mass is 35.5. The molecule has 6 heteroatoms. The Morgan fingerprint density at radius 3 is 2.81 bits per heavy atom. The lowest BCUT2D eigenvalue weighted by molar-refractivity contribution is -0.118. The van der Waals surface area contributed by atoms with E-state index in [-0.39, 0.29) is 11.6 Å². The van der Waals surface area contributed by atoms with Crippen LogP contribution >= 0.6 is 11.6 Å². The minimum absolute atomic E-state index is 0.247. The van der Waals surface area contributed by atoms with Gasteiger partial charge in [-0.3, -0.25) is 9.78 Å². The highest BCUT2D eigenvalue weighted by Crippen LogP contribution is 2.31. The highest BCUT2D eigenvalue weighted by Gasteiger charge is 2.31. The minimum Gasteiger partial charge on any atom is -0.320 e. The van der Waals surface area contributed by atoms with Gasteiger partial charge in [-0.05, 0) is 30.2 Å². The number of amides is 1. The number of benzene rings is 1. The van der Waals surface area contributed by atoms with Gasteiger partial charge in [0, 0.05) is 24.5 Å². The standard InChI is InChI=1S/C15H13ClFN3O/c16-11-8-19-5-3-10(11)9-1-2-14(12(17)7-9)20-6-4-13(18)15(20)21/h1-3,5,7-8,13H,4,6,18H2/t13-/m0/s1. The number of anilines is 1. The fourth-order valence-electron chi connectivity index (χ4n) is 2.44. The molecule has 0 aliphatic carbocycles. The maximum atomic E-state index is 14.3. The second kappa shape index (κ2) is 5.42. The third-order valence-electron chi connectivity index (χ3n) is 3.57. The Kier molecular flexibility index (Phi) is 3.61. The molecule has 0 bridgehead atoms. The van der Waals surface area contributed by atoms with E-state index in [1.54, 1.807) is 24.4 Å². The van der Waals surface area contributed by atoms with E-state index in [0.29, 0.717) is 29.1 Å². The van der Waals surface area contributed by atoms with E-state index in [4.69, 9.17) is 17.3 Å². The van der Waals surface area contributed by atoms with Crippen LogP contribution in [0.1, 0.15) is 6.42 Å². The summed E-state index contributed by atoms with van der Waals surface area (Å²) < 4.78 is 14.3. The van der Waals surface area contributed by atoms with Crippen LogP contribution in [0, 0.1) is 5.82 Å². The van der Waals surface area contributed by atoms with Gasteiger partial charge in [-0.15, -0.1) is 0 Å². The summed E-state index contributed by atoms with van der Waals surface area (Å²) in [6.07, 6.45) is 3.64. The van der Waals surface area contributed by atoms with Crippen LogP contribution in [0.25, 0.3) is 11.1 Å². The van der Waals surface area contributed by atoms with Gasteiger partial charge in [-0.25, -0.2) is 4.39 Å². The van der Waals surface area contributed by atoms with Crippen LogP contribution in [-0.4, -0.2) is 23.5 Å². The average Bonchev–Trinajstić information content (AvgIpc) is 2.80. The molecule has 1 amide bonds. The molecule has 4 nitrogen and oxygen atoms in total. The lowest BCUT2D eigenvalue weighted by Crippen LogP contribution is -2.34. The molecule has 2 aromatic rings. The van der Waals surface area contributed by atoms with Crippen LogP contribution in [-0.2, 0) is 4.79 Å². The Labute approximate surface area is 126 Å². The Hall–Kier alpha value is -1.98. The van der Waals surface area contributed by atoms with Crippen molar-refractivity contribution >= 4 is 23.2 Å². The Bertz CT molecular complexity index is 707. The molecule has 2 heterocycles. The first kappa shape index (κ1) is 14.0. The van der Waals surface area contributed by atoms with E-state index >= 15 is 0 Å². The maximum absolute atomic E-state index is 14.3. The van der Waals surface area contributed by atoms with E-state index in [9.17, 15) is 9.18 Å². The zero-order valence-electron chi connectivity index (χ0n) is 11.1. The summed E-state index contributed by atoms with van der Waals surface area (Å²) in [6, 6.07) is 5.86. The molecule has 0 spiro atoms. The van der Waals surface area contributed by atoms with Gasteiger partial charge >= 0.3 is 0 Å². The summed E-state index contributed by atoms with van der Waals surface area (Å²) in [5.41, 5.74) is 7.24. The van der Waals surface area contributed by atoms with E-state index < -0.39 is 11.9 Å². The second-order valence-electron chi connectivity index (χ2n) is 4.91. The Morgan fingerprint density at radius 2 is 2.19 bits per heavy atom. The zero-order chi connectivity index (χ0) is 15.0. The van der Waals surface area contributed by atoms with Crippen LogP contribution in [0.2, 0.25) is 5.02 Å². The first-order valence-electron chi connectivity index (χ1n) is 6.54. The Balaban J connectivity index is 1.98. The van der Waals surface area contributed by atoms with Gasteiger partial charge in [0.1, 0.15) is 5.82 Å². The summed E-state index contributed by atoms with van der Waals surface area (Å²) in [6.45, 7) is 0.437. The predicted molar refractivity (Wildman–Crippen MR) is 79.6 cm³/mol. The molecule has 108 valence electrons. The molecule has 1 aliphatic heterocycles. The van der Waals surface area contributed by atoms with Crippen molar-refractivity contribution < 1.29 is 9.18 Å². The van der Waals surface area contributed by atoms with E-state index in [0.717, 1.165) is 0 Å². The quantitative estimate of drug-likeness (QED) is 0.928. The maximum Gasteiger partial charge on any atom is 0.244 e. The molecular formula is C15H13ClFN3O. The van der Waals surface area contributed by atoms with Gasteiger partial charge in [-0.2, -0.15) is 0 Å². The van der Waals surface area contributed by atoms with Crippen molar-refractivity contribution in [1.29, 1.82) is 0 Å². The molecule has 3 rings (SSSR count). The predicted octanol–water partition coefficient (Wildman–Crippen LogP) is 2.61. The molecule has 1 atom stereocenters. The SMILES string of the molecule is N[C@H]1CCN(c2ccc(-c3ccncc3Cl)cc2F)C1=O. The third kappa shape index (κ3) is 2.50. The van der Waals surface area contributed by atoms with Crippen LogP contribution in [0.15, 0.2) is 36.7 Å². The molecule has 0 saturated carbocycles. The monoisotopic (exact) mass is 305 g/mol. The van der Waals surface area contributed by atoms with Gasteiger partial charge in [0.25, 0.3) is 0 Å².